The third kappa shape index (κ3) is 7.24. The van der Waals surface area contributed by atoms with Gasteiger partial charge in [0.1, 0.15) is 0 Å². The quantitative estimate of drug-likeness (QED) is 0.487. The van der Waals surface area contributed by atoms with Gasteiger partial charge >= 0.3 is 11.5 Å². The van der Waals surface area contributed by atoms with Crippen LogP contribution in [0.2, 0.25) is 0 Å². The van der Waals surface area contributed by atoms with Crippen molar-refractivity contribution in [1.29, 1.82) is 0 Å². The van der Waals surface area contributed by atoms with Gasteiger partial charge in [0.25, 0.3) is 0 Å². The lowest BCUT2D eigenvalue weighted by atomic mass is 10.7. The van der Waals surface area contributed by atoms with E-state index >= 15 is 0 Å². The standard InChI is InChI=1S/C5H5F3O2S/c1-10-4(9)2-3-11-5(6,7)8/h2-3H,1H3/b3-2-. The molecule has 0 N–H and O–H groups in total. The number of halogens is 3. The first kappa shape index (κ1) is 10.3. The lowest BCUT2D eigenvalue weighted by Gasteiger charge is -1.98. The summed E-state index contributed by atoms with van der Waals surface area (Å²) in [4.78, 5) is 10.2. The minimum atomic E-state index is -4.34. The molecule has 0 bridgehead atoms. The monoisotopic (exact) mass is 186 g/mol. The molecular weight excluding hydrogens is 181 g/mol. The smallest absolute Gasteiger partial charge is 0.445 e. The van der Waals surface area contributed by atoms with E-state index in [1.54, 1.807) is 0 Å². The summed E-state index contributed by atoms with van der Waals surface area (Å²) in [5, 5.41) is 0.631. The Morgan fingerprint density at radius 2 is 2.09 bits per heavy atom. The normalized spacial score (nSPS) is 12.0. The van der Waals surface area contributed by atoms with Crippen LogP contribution in [0.4, 0.5) is 13.2 Å². The van der Waals surface area contributed by atoms with E-state index in [4.69, 9.17) is 0 Å². The van der Waals surface area contributed by atoms with Gasteiger partial charge in [-0.05, 0) is 17.2 Å². The second-order valence-electron chi connectivity index (χ2n) is 1.39. The summed E-state index contributed by atoms with van der Waals surface area (Å²) in [5.41, 5.74) is -4.34. The zero-order valence-corrected chi connectivity index (χ0v) is 6.33. The van der Waals surface area contributed by atoms with Gasteiger partial charge in [0.05, 0.1) is 7.11 Å². The molecule has 6 heteroatoms. The van der Waals surface area contributed by atoms with E-state index in [9.17, 15) is 18.0 Å². The van der Waals surface area contributed by atoms with Crippen molar-refractivity contribution < 1.29 is 22.7 Å². The molecule has 0 aromatic heterocycles. The zero-order chi connectivity index (χ0) is 8.91. The molecule has 0 amide bonds. The van der Waals surface area contributed by atoms with Crippen LogP contribution in [0.1, 0.15) is 0 Å². The molecule has 0 aromatic carbocycles. The Bertz CT molecular complexity index is 164. The Labute approximate surface area is 65.4 Å². The van der Waals surface area contributed by atoms with Gasteiger partial charge in [0.2, 0.25) is 0 Å². The van der Waals surface area contributed by atoms with Gasteiger partial charge in [-0.15, -0.1) is 0 Å². The number of hydrogen-bond donors (Lipinski definition) is 0. The van der Waals surface area contributed by atoms with Gasteiger partial charge in [-0.3, -0.25) is 0 Å². The predicted molar refractivity (Wildman–Crippen MR) is 34.8 cm³/mol. The molecule has 11 heavy (non-hydrogen) atoms. The van der Waals surface area contributed by atoms with E-state index in [1.807, 2.05) is 0 Å². The summed E-state index contributed by atoms with van der Waals surface area (Å²) in [6.45, 7) is 0. The van der Waals surface area contributed by atoms with Crippen LogP contribution in [0.5, 0.6) is 0 Å². The van der Waals surface area contributed by atoms with E-state index < -0.39 is 23.2 Å². The van der Waals surface area contributed by atoms with Crippen LogP contribution in [0.25, 0.3) is 0 Å². The zero-order valence-electron chi connectivity index (χ0n) is 5.51. The average Bonchev–Trinajstić information content (AvgIpc) is 1.85. The van der Waals surface area contributed by atoms with Gasteiger partial charge in [-0.2, -0.15) is 13.2 Å². The van der Waals surface area contributed by atoms with Crippen LogP contribution >= 0.6 is 11.8 Å². The maximum Gasteiger partial charge on any atom is 0.445 e. The van der Waals surface area contributed by atoms with E-state index in [2.05, 4.69) is 4.74 Å². The highest BCUT2D eigenvalue weighted by Crippen LogP contribution is 2.30. The molecule has 0 saturated carbocycles. The number of hydrogen-bond acceptors (Lipinski definition) is 3. The summed E-state index contributed by atoms with van der Waals surface area (Å²) >= 11 is -0.404. The summed E-state index contributed by atoms with van der Waals surface area (Å²) in [6, 6.07) is 0. The van der Waals surface area contributed by atoms with Crippen molar-refractivity contribution in [2.24, 2.45) is 0 Å². The highest BCUT2D eigenvalue weighted by atomic mass is 32.2. The molecule has 0 atom stereocenters. The number of carbonyl (C=O) groups is 1. The first-order chi connectivity index (χ1) is 4.95. The van der Waals surface area contributed by atoms with Crippen molar-refractivity contribution >= 4 is 17.7 Å². The number of thioether (sulfide) groups is 1. The highest BCUT2D eigenvalue weighted by molar-refractivity contribution is 8.02. The maximum atomic E-state index is 11.4. The summed E-state index contributed by atoms with van der Waals surface area (Å²) in [7, 11) is 1.09. The van der Waals surface area contributed by atoms with E-state index in [0.717, 1.165) is 7.11 Å². The Balaban J connectivity index is 3.70. The Hall–Kier alpha value is -0.650. The molecule has 0 spiro atoms. The Morgan fingerprint density at radius 1 is 1.55 bits per heavy atom. The number of esters is 1. The number of methoxy groups -OCH3 is 1. The number of ether oxygens (including phenoxy) is 1. The molecule has 0 aromatic rings. The van der Waals surface area contributed by atoms with Gasteiger partial charge in [-0.1, -0.05) is 0 Å². The average molecular weight is 186 g/mol. The fourth-order valence-corrected chi connectivity index (χ4v) is 0.568. The van der Waals surface area contributed by atoms with Crippen LogP contribution in [-0.4, -0.2) is 18.6 Å². The number of rotatable bonds is 2. The fourth-order valence-electron chi connectivity index (χ4n) is 0.235. The van der Waals surface area contributed by atoms with Crippen LogP contribution in [0, 0.1) is 0 Å². The van der Waals surface area contributed by atoms with Crippen molar-refractivity contribution in [2.45, 2.75) is 5.51 Å². The molecule has 0 aliphatic heterocycles. The fraction of sp³-hybridized carbons (Fsp3) is 0.400. The Kier molecular flexibility index (Phi) is 4.02. The molecule has 0 aliphatic carbocycles. The topological polar surface area (TPSA) is 26.3 Å². The number of alkyl halides is 3. The minimum absolute atomic E-state index is 0.404. The largest absolute Gasteiger partial charge is 0.466 e. The minimum Gasteiger partial charge on any atom is -0.466 e. The summed E-state index contributed by atoms with van der Waals surface area (Å²) < 4.78 is 38.2. The van der Waals surface area contributed by atoms with E-state index in [0.29, 0.717) is 11.5 Å². The molecule has 2 nitrogen and oxygen atoms in total. The summed E-state index contributed by atoms with van der Waals surface area (Å²) in [5.74, 6) is -0.804. The maximum absolute atomic E-state index is 11.4. The second kappa shape index (κ2) is 4.27. The van der Waals surface area contributed by atoms with E-state index in [1.165, 1.54) is 0 Å². The molecule has 0 fully saturated rings. The van der Waals surface area contributed by atoms with Crippen molar-refractivity contribution in [1.82, 2.24) is 0 Å². The van der Waals surface area contributed by atoms with Crippen molar-refractivity contribution in [2.75, 3.05) is 7.11 Å². The predicted octanol–water partition coefficient (Wildman–Crippen LogP) is 1.93. The lowest BCUT2D eigenvalue weighted by Crippen LogP contribution is -1.98. The van der Waals surface area contributed by atoms with Gasteiger partial charge in [0.15, 0.2) is 0 Å². The number of carbonyl (C=O) groups excluding carboxylic acids is 1. The molecule has 64 valence electrons. The molecule has 0 heterocycles. The Morgan fingerprint density at radius 3 is 2.45 bits per heavy atom. The van der Waals surface area contributed by atoms with Crippen LogP contribution < -0.4 is 0 Å². The van der Waals surface area contributed by atoms with Crippen molar-refractivity contribution in [3.8, 4) is 0 Å². The molecular formula is C5H5F3O2S. The highest BCUT2D eigenvalue weighted by Gasteiger charge is 2.26. The first-order valence-electron chi connectivity index (χ1n) is 2.45. The molecule has 0 aliphatic rings. The van der Waals surface area contributed by atoms with Gasteiger partial charge in [-0.25, -0.2) is 4.79 Å². The van der Waals surface area contributed by atoms with Gasteiger partial charge < -0.3 is 4.74 Å². The van der Waals surface area contributed by atoms with Crippen molar-refractivity contribution in [3.63, 3.8) is 0 Å². The van der Waals surface area contributed by atoms with Crippen molar-refractivity contribution in [3.05, 3.63) is 11.5 Å². The summed E-state index contributed by atoms with van der Waals surface area (Å²) in [6.07, 6.45) is 0.707. The molecule has 0 radical (unpaired) electrons. The SMILES string of the molecule is COC(=O)/C=C\SC(F)(F)F. The third-order valence-corrected chi connectivity index (χ3v) is 1.15. The van der Waals surface area contributed by atoms with Gasteiger partial charge in [0, 0.05) is 6.08 Å². The first-order valence-corrected chi connectivity index (χ1v) is 3.32. The van der Waals surface area contributed by atoms with E-state index in [-0.39, 0.29) is 0 Å². The molecule has 0 saturated heterocycles. The van der Waals surface area contributed by atoms with Crippen LogP contribution in [0.15, 0.2) is 11.5 Å². The second-order valence-corrected chi connectivity index (χ2v) is 2.36. The van der Waals surface area contributed by atoms with Crippen LogP contribution in [0.3, 0.4) is 0 Å². The van der Waals surface area contributed by atoms with Crippen LogP contribution in [-0.2, 0) is 9.53 Å². The lowest BCUT2D eigenvalue weighted by molar-refractivity contribution is -0.134. The molecule has 0 unspecified atom stereocenters. The third-order valence-electron chi connectivity index (χ3n) is 0.607. The molecule has 0 rings (SSSR count).